The maximum atomic E-state index is 13.9. The second kappa shape index (κ2) is 3.30. The summed E-state index contributed by atoms with van der Waals surface area (Å²) in [7, 11) is 1.48. The molecule has 0 amide bonds. The highest BCUT2D eigenvalue weighted by molar-refractivity contribution is 4.94. The van der Waals surface area contributed by atoms with Crippen molar-refractivity contribution in [3.63, 3.8) is 0 Å². The third-order valence-corrected chi connectivity index (χ3v) is 2.82. The number of hydrogen-bond donors (Lipinski definition) is 0. The monoisotopic (exact) mass is 176 g/mol. The van der Waals surface area contributed by atoms with Gasteiger partial charge in [-0.15, -0.1) is 0 Å². The predicted molar refractivity (Wildman–Crippen MR) is 44.6 cm³/mol. The molecule has 1 aliphatic rings. The molecule has 0 bridgehead atoms. The molecule has 3 heteroatoms. The Balaban J connectivity index is 2.73. The summed E-state index contributed by atoms with van der Waals surface area (Å²) in [6.07, 6.45) is 0.128. The van der Waals surface area contributed by atoms with Crippen molar-refractivity contribution in [3.05, 3.63) is 0 Å². The molecule has 0 N–H and O–H groups in total. The van der Waals surface area contributed by atoms with Gasteiger partial charge in [0.05, 0.1) is 6.10 Å². The van der Waals surface area contributed by atoms with Gasteiger partial charge in [0.1, 0.15) is 0 Å². The van der Waals surface area contributed by atoms with E-state index in [1.54, 1.807) is 6.92 Å². The molecule has 1 rings (SSSR count). The van der Waals surface area contributed by atoms with Gasteiger partial charge in [-0.25, -0.2) is 4.39 Å². The minimum Gasteiger partial charge on any atom is -0.353 e. The minimum absolute atomic E-state index is 0.00931. The van der Waals surface area contributed by atoms with Crippen LogP contribution in [0.25, 0.3) is 0 Å². The minimum atomic E-state index is -1.35. The molecule has 1 unspecified atom stereocenters. The molecular formula is C9H17FO2. The number of alkyl halides is 1. The number of rotatable bonds is 2. The molecule has 0 aliphatic carbocycles. The topological polar surface area (TPSA) is 18.5 Å². The lowest BCUT2D eigenvalue weighted by Gasteiger charge is -2.23. The van der Waals surface area contributed by atoms with Gasteiger partial charge in [0.15, 0.2) is 12.0 Å². The summed E-state index contributed by atoms with van der Waals surface area (Å²) in [5, 5.41) is 0. The Labute approximate surface area is 73.0 Å². The number of hydrogen-bond acceptors (Lipinski definition) is 2. The molecule has 0 aromatic carbocycles. The van der Waals surface area contributed by atoms with Gasteiger partial charge in [-0.2, -0.15) is 0 Å². The fourth-order valence-electron chi connectivity index (χ4n) is 1.72. The third kappa shape index (κ3) is 1.36. The molecule has 0 spiro atoms. The molecule has 0 aromatic heterocycles. The first-order chi connectivity index (χ1) is 5.54. The number of halogens is 1. The fraction of sp³-hybridized carbons (Fsp3) is 1.00. The number of methoxy groups -OCH3 is 1. The third-order valence-electron chi connectivity index (χ3n) is 2.82. The molecule has 1 fully saturated rings. The summed E-state index contributed by atoms with van der Waals surface area (Å²) in [5.41, 5.74) is -1.35. The van der Waals surface area contributed by atoms with E-state index in [1.807, 2.05) is 13.8 Å². The normalized spacial score (nSPS) is 48.2. The van der Waals surface area contributed by atoms with Crippen LogP contribution < -0.4 is 0 Å². The summed E-state index contributed by atoms with van der Waals surface area (Å²) in [4.78, 5) is 0. The molecule has 4 atom stereocenters. The van der Waals surface area contributed by atoms with E-state index in [9.17, 15) is 4.39 Å². The number of ether oxygens (including phenoxy) is 2. The molecule has 72 valence electrons. The van der Waals surface area contributed by atoms with E-state index in [4.69, 9.17) is 9.47 Å². The predicted octanol–water partition coefficient (Wildman–Crippen LogP) is 2.13. The molecule has 1 saturated heterocycles. The molecule has 1 aliphatic heterocycles. The van der Waals surface area contributed by atoms with Crippen molar-refractivity contribution in [3.8, 4) is 0 Å². The average molecular weight is 176 g/mol. The SMILES string of the molecule is CC[C@H]1O[C@@H](OC)C(C)(F)[C@H]1C. The van der Waals surface area contributed by atoms with Crippen molar-refractivity contribution >= 4 is 0 Å². The Morgan fingerprint density at radius 3 is 2.42 bits per heavy atom. The van der Waals surface area contributed by atoms with E-state index in [2.05, 4.69) is 0 Å². The first-order valence-electron chi connectivity index (χ1n) is 4.41. The quantitative estimate of drug-likeness (QED) is 0.641. The Morgan fingerprint density at radius 1 is 1.58 bits per heavy atom. The maximum absolute atomic E-state index is 13.9. The van der Waals surface area contributed by atoms with E-state index in [-0.39, 0.29) is 12.0 Å². The first kappa shape index (κ1) is 9.93. The van der Waals surface area contributed by atoms with Crippen LogP contribution in [0.2, 0.25) is 0 Å². The van der Waals surface area contributed by atoms with Crippen molar-refractivity contribution in [2.75, 3.05) is 7.11 Å². The highest BCUT2D eigenvalue weighted by Crippen LogP contribution is 2.40. The van der Waals surface area contributed by atoms with Gasteiger partial charge in [-0.05, 0) is 13.3 Å². The Morgan fingerprint density at radius 2 is 2.17 bits per heavy atom. The van der Waals surface area contributed by atoms with E-state index in [0.29, 0.717) is 0 Å². The Bertz CT molecular complexity index is 155. The maximum Gasteiger partial charge on any atom is 0.191 e. The van der Waals surface area contributed by atoms with Gasteiger partial charge in [0.2, 0.25) is 0 Å². The van der Waals surface area contributed by atoms with Crippen molar-refractivity contribution in [2.24, 2.45) is 5.92 Å². The summed E-state index contributed by atoms with van der Waals surface area (Å²) < 4.78 is 24.2. The van der Waals surface area contributed by atoms with Crippen LogP contribution in [0.15, 0.2) is 0 Å². The summed E-state index contributed by atoms with van der Waals surface area (Å²) in [5.74, 6) is -0.0903. The van der Waals surface area contributed by atoms with Gasteiger partial charge in [-0.3, -0.25) is 0 Å². The van der Waals surface area contributed by atoms with E-state index >= 15 is 0 Å². The van der Waals surface area contributed by atoms with E-state index in [1.165, 1.54) is 7.11 Å². The summed E-state index contributed by atoms with van der Waals surface area (Å²) in [6.45, 7) is 5.41. The standard InChI is InChI=1S/C9H17FO2/c1-5-7-6(2)9(3,10)8(11-4)12-7/h6-8H,5H2,1-4H3/t6-,7+,8+,9?/m0/s1. The van der Waals surface area contributed by atoms with Gasteiger partial charge in [0.25, 0.3) is 0 Å². The van der Waals surface area contributed by atoms with E-state index in [0.717, 1.165) is 6.42 Å². The van der Waals surface area contributed by atoms with Crippen LogP contribution in [-0.4, -0.2) is 25.2 Å². The van der Waals surface area contributed by atoms with Crippen LogP contribution >= 0.6 is 0 Å². The van der Waals surface area contributed by atoms with Crippen molar-refractivity contribution < 1.29 is 13.9 Å². The zero-order valence-electron chi connectivity index (χ0n) is 8.13. The summed E-state index contributed by atoms with van der Waals surface area (Å²) in [6, 6.07) is 0. The van der Waals surface area contributed by atoms with Crippen LogP contribution in [0.1, 0.15) is 27.2 Å². The molecule has 0 radical (unpaired) electrons. The molecule has 2 nitrogen and oxygen atoms in total. The lowest BCUT2D eigenvalue weighted by molar-refractivity contribution is -0.159. The fourth-order valence-corrected chi connectivity index (χ4v) is 1.72. The van der Waals surface area contributed by atoms with Crippen molar-refractivity contribution in [1.29, 1.82) is 0 Å². The molecule has 12 heavy (non-hydrogen) atoms. The Kier molecular flexibility index (Phi) is 2.74. The largest absolute Gasteiger partial charge is 0.353 e. The zero-order chi connectivity index (χ0) is 9.35. The Hall–Kier alpha value is -0.150. The highest BCUT2D eigenvalue weighted by atomic mass is 19.1. The van der Waals surface area contributed by atoms with Crippen molar-refractivity contribution in [1.82, 2.24) is 0 Å². The van der Waals surface area contributed by atoms with Crippen LogP contribution in [-0.2, 0) is 9.47 Å². The molecule has 1 heterocycles. The van der Waals surface area contributed by atoms with Crippen LogP contribution in [0.3, 0.4) is 0 Å². The first-order valence-corrected chi connectivity index (χ1v) is 4.41. The zero-order valence-corrected chi connectivity index (χ0v) is 8.13. The molecule has 0 saturated carbocycles. The second-order valence-electron chi connectivity index (χ2n) is 3.59. The highest BCUT2D eigenvalue weighted by Gasteiger charge is 2.51. The van der Waals surface area contributed by atoms with E-state index < -0.39 is 12.0 Å². The van der Waals surface area contributed by atoms with Crippen LogP contribution in [0.5, 0.6) is 0 Å². The van der Waals surface area contributed by atoms with Crippen LogP contribution in [0, 0.1) is 5.92 Å². The summed E-state index contributed by atoms with van der Waals surface area (Å²) >= 11 is 0. The smallest absolute Gasteiger partial charge is 0.191 e. The van der Waals surface area contributed by atoms with Gasteiger partial charge >= 0.3 is 0 Å². The van der Waals surface area contributed by atoms with Gasteiger partial charge in [-0.1, -0.05) is 13.8 Å². The lowest BCUT2D eigenvalue weighted by Crippen LogP contribution is -2.36. The lowest BCUT2D eigenvalue weighted by atomic mass is 9.89. The average Bonchev–Trinajstić information content (AvgIpc) is 2.25. The second-order valence-corrected chi connectivity index (χ2v) is 3.59. The van der Waals surface area contributed by atoms with Crippen LogP contribution in [0.4, 0.5) is 4.39 Å². The molecular weight excluding hydrogens is 159 g/mol. The van der Waals surface area contributed by atoms with Gasteiger partial charge < -0.3 is 9.47 Å². The van der Waals surface area contributed by atoms with Crippen molar-refractivity contribution in [2.45, 2.75) is 45.3 Å². The van der Waals surface area contributed by atoms with Gasteiger partial charge in [0, 0.05) is 13.0 Å². The molecule has 0 aromatic rings.